The van der Waals surface area contributed by atoms with E-state index in [1.54, 1.807) is 13.0 Å². The van der Waals surface area contributed by atoms with E-state index in [2.05, 4.69) is 17.3 Å². The van der Waals surface area contributed by atoms with Crippen molar-refractivity contribution >= 4 is 0 Å². The van der Waals surface area contributed by atoms with Crippen LogP contribution in [0.5, 0.6) is 0 Å². The Morgan fingerprint density at radius 2 is 2.27 bits per heavy atom. The van der Waals surface area contributed by atoms with Gasteiger partial charge >= 0.3 is 0 Å². The molecule has 0 heterocycles. The summed E-state index contributed by atoms with van der Waals surface area (Å²) in [5, 5.41) is 0. The molecule has 0 saturated carbocycles. The molecule has 1 unspecified atom stereocenters. The molecule has 2 nitrogen and oxygen atoms in total. The summed E-state index contributed by atoms with van der Waals surface area (Å²) in [7, 11) is 0. The number of benzene rings is 1. The van der Waals surface area contributed by atoms with Gasteiger partial charge in [0.1, 0.15) is 5.82 Å². The van der Waals surface area contributed by atoms with Crippen LogP contribution in [0.25, 0.3) is 0 Å². The topological polar surface area (TPSA) is 38.0 Å². The van der Waals surface area contributed by atoms with Crippen LogP contribution in [-0.2, 0) is 0 Å². The third-order valence-corrected chi connectivity index (χ3v) is 2.22. The minimum absolute atomic E-state index is 0.240. The fraction of sp³-hybridized carbons (Fsp3) is 0.333. The summed E-state index contributed by atoms with van der Waals surface area (Å²) in [5.41, 5.74) is 4.03. The summed E-state index contributed by atoms with van der Waals surface area (Å²) in [6.45, 7) is 3.60. The quantitative estimate of drug-likeness (QED) is 0.451. The first kappa shape index (κ1) is 11.7. The van der Waals surface area contributed by atoms with Crippen molar-refractivity contribution in [1.82, 2.24) is 5.43 Å². The van der Waals surface area contributed by atoms with Gasteiger partial charge in [-0.05, 0) is 25.5 Å². The van der Waals surface area contributed by atoms with E-state index >= 15 is 0 Å². The lowest BCUT2D eigenvalue weighted by molar-refractivity contribution is 0.520. The van der Waals surface area contributed by atoms with E-state index < -0.39 is 0 Å². The molecule has 0 spiro atoms. The number of rotatable bonds is 3. The Bertz CT molecular complexity index is 390. The van der Waals surface area contributed by atoms with Crippen LogP contribution in [0.15, 0.2) is 18.2 Å². The monoisotopic (exact) mass is 206 g/mol. The van der Waals surface area contributed by atoms with E-state index in [1.807, 2.05) is 13.0 Å². The maximum absolute atomic E-state index is 13.6. The Balaban J connectivity index is 2.94. The number of halogens is 1. The zero-order chi connectivity index (χ0) is 11.3. The molecule has 15 heavy (non-hydrogen) atoms. The third kappa shape index (κ3) is 3.05. The van der Waals surface area contributed by atoms with Crippen molar-refractivity contribution in [2.24, 2.45) is 5.84 Å². The van der Waals surface area contributed by atoms with Crippen LogP contribution in [0.4, 0.5) is 4.39 Å². The largest absolute Gasteiger partial charge is 0.271 e. The van der Waals surface area contributed by atoms with E-state index in [-0.39, 0.29) is 11.9 Å². The molecule has 0 aliphatic rings. The van der Waals surface area contributed by atoms with E-state index in [0.29, 0.717) is 12.0 Å². The van der Waals surface area contributed by atoms with Crippen LogP contribution in [0.2, 0.25) is 0 Å². The maximum Gasteiger partial charge on any atom is 0.128 e. The Kier molecular flexibility index (Phi) is 4.29. The third-order valence-electron chi connectivity index (χ3n) is 2.22. The highest BCUT2D eigenvalue weighted by atomic mass is 19.1. The molecule has 3 heteroatoms. The smallest absolute Gasteiger partial charge is 0.128 e. The number of hydrogen-bond acceptors (Lipinski definition) is 2. The zero-order valence-electron chi connectivity index (χ0n) is 8.97. The summed E-state index contributed by atoms with van der Waals surface area (Å²) in [6, 6.07) is 4.85. The van der Waals surface area contributed by atoms with Crippen LogP contribution >= 0.6 is 0 Å². The van der Waals surface area contributed by atoms with Gasteiger partial charge in [0.25, 0.3) is 0 Å². The first-order valence-electron chi connectivity index (χ1n) is 4.80. The highest BCUT2D eigenvalue weighted by molar-refractivity contribution is 5.27. The highest BCUT2D eigenvalue weighted by Crippen LogP contribution is 2.19. The summed E-state index contributed by atoms with van der Waals surface area (Å²) in [4.78, 5) is 0. The minimum Gasteiger partial charge on any atom is -0.271 e. The second kappa shape index (κ2) is 5.50. The van der Waals surface area contributed by atoms with Crippen molar-refractivity contribution in [3.63, 3.8) is 0 Å². The molecule has 0 amide bonds. The van der Waals surface area contributed by atoms with Gasteiger partial charge in [0.05, 0.1) is 6.04 Å². The molecule has 0 saturated heterocycles. The van der Waals surface area contributed by atoms with Gasteiger partial charge in [-0.15, -0.1) is 11.8 Å². The van der Waals surface area contributed by atoms with Crippen molar-refractivity contribution in [1.29, 1.82) is 0 Å². The van der Waals surface area contributed by atoms with E-state index in [0.717, 1.165) is 5.56 Å². The molecule has 80 valence electrons. The van der Waals surface area contributed by atoms with Gasteiger partial charge < -0.3 is 0 Å². The van der Waals surface area contributed by atoms with Gasteiger partial charge in [-0.2, -0.15) is 0 Å². The van der Waals surface area contributed by atoms with Crippen LogP contribution in [-0.4, -0.2) is 0 Å². The molecule has 3 N–H and O–H groups in total. The number of hydrazine groups is 1. The van der Waals surface area contributed by atoms with Gasteiger partial charge in [0, 0.05) is 12.0 Å². The lowest BCUT2D eigenvalue weighted by Crippen LogP contribution is -2.28. The fourth-order valence-electron chi connectivity index (χ4n) is 1.38. The predicted molar refractivity (Wildman–Crippen MR) is 59.3 cm³/mol. The highest BCUT2D eigenvalue weighted by Gasteiger charge is 2.12. The van der Waals surface area contributed by atoms with Crippen molar-refractivity contribution in [2.75, 3.05) is 0 Å². The first-order valence-corrected chi connectivity index (χ1v) is 4.80. The van der Waals surface area contributed by atoms with E-state index in [9.17, 15) is 4.39 Å². The number of hydrogen-bond donors (Lipinski definition) is 2. The molecule has 0 aliphatic carbocycles. The van der Waals surface area contributed by atoms with Gasteiger partial charge in [-0.25, -0.2) is 4.39 Å². The number of nitrogens with two attached hydrogens (primary N) is 1. The molecule has 1 atom stereocenters. The molecule has 0 radical (unpaired) electrons. The normalized spacial score (nSPS) is 11.7. The lowest BCUT2D eigenvalue weighted by Gasteiger charge is -2.14. The van der Waals surface area contributed by atoms with Crippen molar-refractivity contribution < 1.29 is 4.39 Å². The van der Waals surface area contributed by atoms with Crippen LogP contribution < -0.4 is 11.3 Å². The van der Waals surface area contributed by atoms with Crippen molar-refractivity contribution in [2.45, 2.75) is 26.3 Å². The molecule has 1 aromatic carbocycles. The van der Waals surface area contributed by atoms with E-state index in [1.165, 1.54) is 6.07 Å². The standard InChI is InChI=1S/C12H15FN2/c1-3-4-5-12(15-14)10-7-6-9(2)8-11(10)13/h6-8,12,15H,5,14H2,1-2H3. The second-order valence-corrected chi connectivity index (χ2v) is 3.38. The number of nitrogens with one attached hydrogen (secondary N) is 1. The Labute approximate surface area is 89.6 Å². The summed E-state index contributed by atoms with van der Waals surface area (Å²) in [6.07, 6.45) is 0.507. The molecule has 1 rings (SSSR count). The van der Waals surface area contributed by atoms with Gasteiger partial charge in [-0.1, -0.05) is 12.1 Å². The Hall–Kier alpha value is -1.37. The molecule has 1 aromatic rings. The van der Waals surface area contributed by atoms with Gasteiger partial charge in [-0.3, -0.25) is 11.3 Å². The van der Waals surface area contributed by atoms with Gasteiger partial charge in [0.2, 0.25) is 0 Å². The average molecular weight is 206 g/mol. The summed E-state index contributed by atoms with van der Waals surface area (Å²) in [5.74, 6) is 10.8. The molecular formula is C12H15FN2. The summed E-state index contributed by atoms with van der Waals surface area (Å²) < 4.78 is 13.6. The van der Waals surface area contributed by atoms with Crippen LogP contribution in [0.3, 0.4) is 0 Å². The number of aryl methyl sites for hydroxylation is 1. The Morgan fingerprint density at radius 1 is 1.53 bits per heavy atom. The fourth-order valence-corrected chi connectivity index (χ4v) is 1.38. The summed E-state index contributed by atoms with van der Waals surface area (Å²) >= 11 is 0. The SMILES string of the molecule is CC#CCC(NN)c1ccc(C)cc1F. The minimum atomic E-state index is -0.252. The van der Waals surface area contributed by atoms with Gasteiger partial charge in [0.15, 0.2) is 0 Å². The maximum atomic E-state index is 13.6. The zero-order valence-corrected chi connectivity index (χ0v) is 8.97. The molecular weight excluding hydrogens is 191 g/mol. The Morgan fingerprint density at radius 3 is 2.80 bits per heavy atom. The molecule has 0 aliphatic heterocycles. The van der Waals surface area contributed by atoms with Crippen molar-refractivity contribution in [3.05, 3.63) is 35.1 Å². The van der Waals surface area contributed by atoms with Crippen LogP contribution in [0.1, 0.15) is 30.5 Å². The van der Waals surface area contributed by atoms with Crippen LogP contribution in [0, 0.1) is 24.6 Å². The van der Waals surface area contributed by atoms with E-state index in [4.69, 9.17) is 5.84 Å². The molecule has 0 aromatic heterocycles. The lowest BCUT2D eigenvalue weighted by atomic mass is 10.0. The van der Waals surface area contributed by atoms with Crippen molar-refractivity contribution in [3.8, 4) is 11.8 Å². The molecule has 0 fully saturated rings. The average Bonchev–Trinajstić information content (AvgIpc) is 2.21. The second-order valence-electron chi connectivity index (χ2n) is 3.38. The predicted octanol–water partition coefficient (Wildman–Crippen LogP) is 2.05. The first-order chi connectivity index (χ1) is 7.19. The molecule has 0 bridgehead atoms.